The van der Waals surface area contributed by atoms with E-state index < -0.39 is 34.9 Å². The number of hydrogen-bond donors (Lipinski definition) is 1. The van der Waals surface area contributed by atoms with E-state index in [1.807, 2.05) is 0 Å². The Bertz CT molecular complexity index is 1270. The number of anilines is 1. The molecule has 4 rings (SSSR count). The lowest BCUT2D eigenvalue weighted by atomic mass is 10.1. The highest BCUT2D eigenvalue weighted by Gasteiger charge is 2.32. The van der Waals surface area contributed by atoms with Gasteiger partial charge in [-0.3, -0.25) is 9.59 Å². The molecule has 32 heavy (non-hydrogen) atoms. The van der Waals surface area contributed by atoms with Gasteiger partial charge in [-0.25, -0.2) is 9.36 Å². The molecule has 2 aromatic carbocycles. The van der Waals surface area contributed by atoms with Crippen molar-refractivity contribution < 1.29 is 18.0 Å². The minimum Gasteiger partial charge on any atom is -0.368 e. The number of nitrogens with one attached hydrogen (secondary N) is 1. The van der Waals surface area contributed by atoms with Crippen LogP contribution in [-0.4, -0.2) is 46.5 Å². The molecule has 0 radical (unpaired) electrons. The molecular formula is C22H21F3N4O3. The van der Waals surface area contributed by atoms with Crippen LogP contribution in [0.25, 0.3) is 10.9 Å². The number of rotatable bonds is 3. The molecule has 1 amide bonds. The number of halogens is 3. The highest BCUT2D eigenvalue weighted by molar-refractivity contribution is 5.81. The predicted octanol–water partition coefficient (Wildman–Crippen LogP) is 2.62. The number of hydrogen-bond acceptors (Lipinski definition) is 4. The summed E-state index contributed by atoms with van der Waals surface area (Å²) in [6.45, 7) is 2.69. The van der Waals surface area contributed by atoms with Crippen molar-refractivity contribution in [3.05, 3.63) is 74.9 Å². The molecule has 2 heterocycles. The van der Waals surface area contributed by atoms with Crippen LogP contribution < -0.4 is 16.1 Å². The molecule has 1 aromatic heterocycles. The third kappa shape index (κ3) is 4.00. The van der Waals surface area contributed by atoms with Gasteiger partial charge in [-0.1, -0.05) is 18.2 Å². The third-order valence-corrected chi connectivity index (χ3v) is 5.71. The molecule has 1 unspecified atom stereocenters. The lowest BCUT2D eigenvalue weighted by Crippen LogP contribution is -2.52. The Morgan fingerprint density at radius 1 is 1.00 bits per heavy atom. The molecule has 0 bridgehead atoms. The van der Waals surface area contributed by atoms with Crippen molar-refractivity contribution in [2.45, 2.75) is 19.1 Å². The summed E-state index contributed by atoms with van der Waals surface area (Å²) in [6.07, 6.45) is -4.43. The van der Waals surface area contributed by atoms with Crippen LogP contribution in [0.2, 0.25) is 0 Å². The molecule has 1 aliphatic heterocycles. The van der Waals surface area contributed by atoms with Crippen LogP contribution in [0.1, 0.15) is 18.5 Å². The number of alkyl halides is 3. The number of aromatic amines is 1. The number of aromatic nitrogens is 2. The zero-order chi connectivity index (χ0) is 23.0. The first-order valence-electron chi connectivity index (χ1n) is 10.1. The highest BCUT2D eigenvalue weighted by Crippen LogP contribution is 2.32. The Morgan fingerprint density at radius 2 is 1.69 bits per heavy atom. The number of benzene rings is 2. The monoisotopic (exact) mass is 446 g/mol. The Hall–Kier alpha value is -3.56. The van der Waals surface area contributed by atoms with E-state index in [1.54, 1.807) is 35.2 Å². The second-order valence-corrected chi connectivity index (χ2v) is 7.69. The van der Waals surface area contributed by atoms with Crippen molar-refractivity contribution in [3.63, 3.8) is 0 Å². The van der Waals surface area contributed by atoms with Gasteiger partial charge in [0.2, 0.25) is 5.91 Å². The van der Waals surface area contributed by atoms with Crippen LogP contribution in [-0.2, 0) is 11.0 Å². The minimum atomic E-state index is -4.43. The molecule has 1 atom stereocenters. The standard InChI is InChI=1S/C22H21F3N4O3/c1-14(29-20(31)17-7-2-3-8-18(17)26-21(29)32)19(30)28-11-9-27(10-12-28)16-6-4-5-15(13-16)22(23,24)25/h2-8,13-14H,9-12H2,1H3,(H,26,32). The molecule has 1 fully saturated rings. The number of carbonyl (C=O) groups excluding carboxylic acids is 1. The quantitative estimate of drug-likeness (QED) is 0.671. The SMILES string of the molecule is CC(C(=O)N1CCN(c2cccc(C(F)(F)F)c2)CC1)n1c(=O)[nH]c2ccccc2c1=O. The van der Waals surface area contributed by atoms with Crippen LogP contribution >= 0.6 is 0 Å². The maximum absolute atomic E-state index is 13.0. The van der Waals surface area contributed by atoms with Crippen molar-refractivity contribution in [2.24, 2.45) is 0 Å². The van der Waals surface area contributed by atoms with Crippen molar-refractivity contribution in [3.8, 4) is 0 Å². The maximum Gasteiger partial charge on any atom is 0.416 e. The van der Waals surface area contributed by atoms with Gasteiger partial charge in [0.1, 0.15) is 6.04 Å². The van der Waals surface area contributed by atoms with Crippen LogP contribution in [0.3, 0.4) is 0 Å². The van der Waals surface area contributed by atoms with Gasteiger partial charge in [0.15, 0.2) is 0 Å². The maximum atomic E-state index is 13.0. The molecule has 0 saturated carbocycles. The van der Waals surface area contributed by atoms with Gasteiger partial charge in [-0.05, 0) is 37.3 Å². The van der Waals surface area contributed by atoms with E-state index in [-0.39, 0.29) is 13.1 Å². The molecule has 10 heteroatoms. The molecule has 168 valence electrons. The number of fused-ring (bicyclic) bond motifs is 1. The van der Waals surface area contributed by atoms with Gasteiger partial charge in [-0.2, -0.15) is 13.2 Å². The summed E-state index contributed by atoms with van der Waals surface area (Å²) in [5.74, 6) is -0.392. The minimum absolute atomic E-state index is 0.264. The van der Waals surface area contributed by atoms with E-state index in [0.29, 0.717) is 29.7 Å². The Labute approximate surface area is 180 Å². The number of para-hydroxylation sites is 1. The third-order valence-electron chi connectivity index (χ3n) is 5.71. The predicted molar refractivity (Wildman–Crippen MR) is 114 cm³/mol. The van der Waals surface area contributed by atoms with Crippen molar-refractivity contribution in [2.75, 3.05) is 31.1 Å². The molecule has 0 aliphatic carbocycles. The highest BCUT2D eigenvalue weighted by atomic mass is 19.4. The molecule has 1 saturated heterocycles. The van der Waals surface area contributed by atoms with Gasteiger partial charge in [0.25, 0.3) is 5.56 Å². The van der Waals surface area contributed by atoms with Crippen LogP contribution in [0.4, 0.5) is 18.9 Å². The van der Waals surface area contributed by atoms with Crippen LogP contribution in [0, 0.1) is 0 Å². The number of H-pyrrole nitrogens is 1. The number of nitrogens with zero attached hydrogens (tertiary/aromatic N) is 3. The Morgan fingerprint density at radius 3 is 2.38 bits per heavy atom. The average Bonchev–Trinajstić information content (AvgIpc) is 2.78. The lowest BCUT2D eigenvalue weighted by Gasteiger charge is -2.37. The number of piperazine rings is 1. The van der Waals surface area contributed by atoms with E-state index in [0.717, 1.165) is 16.7 Å². The van der Waals surface area contributed by atoms with Crippen LogP contribution in [0.5, 0.6) is 0 Å². The van der Waals surface area contributed by atoms with E-state index in [4.69, 9.17) is 0 Å². The molecule has 1 aliphatic rings. The fourth-order valence-electron chi connectivity index (χ4n) is 3.97. The fraction of sp³-hybridized carbons (Fsp3) is 0.318. The number of amides is 1. The van der Waals surface area contributed by atoms with Crippen molar-refractivity contribution in [1.82, 2.24) is 14.5 Å². The molecular weight excluding hydrogens is 425 g/mol. The summed E-state index contributed by atoms with van der Waals surface area (Å²) in [6, 6.07) is 10.6. The van der Waals surface area contributed by atoms with E-state index in [9.17, 15) is 27.6 Å². The summed E-state index contributed by atoms with van der Waals surface area (Å²) in [5.41, 5.74) is -1.11. The van der Waals surface area contributed by atoms with E-state index >= 15 is 0 Å². The summed E-state index contributed by atoms with van der Waals surface area (Å²) in [4.78, 5) is 44.2. The summed E-state index contributed by atoms with van der Waals surface area (Å²) >= 11 is 0. The first-order chi connectivity index (χ1) is 15.2. The average molecular weight is 446 g/mol. The second-order valence-electron chi connectivity index (χ2n) is 7.69. The summed E-state index contributed by atoms with van der Waals surface area (Å²) in [5, 5.41) is 0.307. The molecule has 1 N–H and O–H groups in total. The van der Waals surface area contributed by atoms with Gasteiger partial charge >= 0.3 is 11.9 Å². The normalized spacial score (nSPS) is 15.8. The number of carbonyl (C=O) groups is 1. The van der Waals surface area contributed by atoms with Crippen LogP contribution in [0.15, 0.2) is 58.1 Å². The van der Waals surface area contributed by atoms with E-state index in [1.165, 1.54) is 17.9 Å². The van der Waals surface area contributed by atoms with Crippen molar-refractivity contribution in [1.29, 1.82) is 0 Å². The Kier molecular flexibility index (Phi) is 5.53. The second kappa shape index (κ2) is 8.18. The smallest absolute Gasteiger partial charge is 0.368 e. The molecule has 3 aromatic rings. The van der Waals surface area contributed by atoms with Crippen molar-refractivity contribution >= 4 is 22.5 Å². The largest absolute Gasteiger partial charge is 0.416 e. The first-order valence-corrected chi connectivity index (χ1v) is 10.1. The Balaban J connectivity index is 1.50. The molecule has 7 nitrogen and oxygen atoms in total. The summed E-state index contributed by atoms with van der Waals surface area (Å²) < 4.78 is 39.9. The lowest BCUT2D eigenvalue weighted by molar-refractivity contribution is -0.137. The van der Waals surface area contributed by atoms with Gasteiger partial charge in [0.05, 0.1) is 16.5 Å². The van der Waals surface area contributed by atoms with E-state index in [2.05, 4.69) is 4.98 Å². The zero-order valence-electron chi connectivity index (χ0n) is 17.2. The van der Waals surface area contributed by atoms with Gasteiger partial charge in [-0.15, -0.1) is 0 Å². The fourth-order valence-corrected chi connectivity index (χ4v) is 3.97. The molecule has 0 spiro atoms. The summed E-state index contributed by atoms with van der Waals surface area (Å²) in [7, 11) is 0. The topological polar surface area (TPSA) is 78.4 Å². The zero-order valence-corrected chi connectivity index (χ0v) is 17.2. The van der Waals surface area contributed by atoms with Gasteiger partial charge in [0, 0.05) is 31.9 Å². The van der Waals surface area contributed by atoms with Gasteiger partial charge < -0.3 is 14.8 Å². The first kappa shape index (κ1) is 21.7.